The van der Waals surface area contributed by atoms with Gasteiger partial charge in [0.2, 0.25) is 0 Å². The first-order valence-corrected chi connectivity index (χ1v) is 6.55. The highest BCUT2D eigenvalue weighted by molar-refractivity contribution is 7.80. The highest BCUT2D eigenvalue weighted by Gasteiger charge is 1.99. The number of hydrazone groups is 1. The van der Waals surface area contributed by atoms with Gasteiger partial charge in [-0.15, -0.1) is 0 Å². The maximum absolute atomic E-state index is 5.15. The monoisotopic (exact) mass is 285 g/mol. The van der Waals surface area contributed by atoms with Crippen molar-refractivity contribution in [1.82, 2.24) is 20.7 Å². The second-order valence-corrected chi connectivity index (χ2v) is 4.48. The normalized spacial score (nSPS) is 10.9. The van der Waals surface area contributed by atoms with Crippen LogP contribution < -0.4 is 10.7 Å². The molecular formula is C14H15N5S. The Morgan fingerprint density at radius 3 is 2.85 bits per heavy atom. The predicted molar refractivity (Wildman–Crippen MR) is 83.3 cm³/mol. The summed E-state index contributed by atoms with van der Waals surface area (Å²) < 4.78 is 0. The average molecular weight is 285 g/mol. The number of hydrogen-bond donors (Lipinski definition) is 2. The average Bonchev–Trinajstić information content (AvgIpc) is 2.52. The van der Waals surface area contributed by atoms with E-state index < -0.39 is 0 Å². The second-order valence-electron chi connectivity index (χ2n) is 4.07. The minimum absolute atomic E-state index is 0.462. The molecule has 102 valence electrons. The number of nitrogens with zero attached hydrogens (tertiary/aromatic N) is 3. The van der Waals surface area contributed by atoms with E-state index in [4.69, 9.17) is 12.2 Å². The van der Waals surface area contributed by atoms with Crippen LogP contribution in [0.4, 0.5) is 0 Å². The molecule has 2 rings (SSSR count). The SMILES string of the molecule is C/C(=N/NC(=S)NCc1cccnc1)c1ccccn1. The minimum Gasteiger partial charge on any atom is -0.357 e. The highest BCUT2D eigenvalue weighted by Crippen LogP contribution is 1.96. The molecule has 0 saturated heterocycles. The first-order valence-electron chi connectivity index (χ1n) is 6.14. The predicted octanol–water partition coefficient (Wildman–Crippen LogP) is 1.86. The zero-order valence-corrected chi connectivity index (χ0v) is 11.9. The molecule has 0 aliphatic carbocycles. The van der Waals surface area contributed by atoms with Gasteiger partial charge in [-0.1, -0.05) is 12.1 Å². The van der Waals surface area contributed by atoms with Crippen LogP contribution in [0, 0.1) is 0 Å². The Kier molecular flexibility index (Phi) is 5.14. The maximum atomic E-state index is 5.15. The van der Waals surface area contributed by atoms with E-state index >= 15 is 0 Å². The Morgan fingerprint density at radius 2 is 2.15 bits per heavy atom. The third kappa shape index (κ3) is 4.40. The zero-order valence-electron chi connectivity index (χ0n) is 11.1. The van der Waals surface area contributed by atoms with Gasteiger partial charge in [0, 0.05) is 25.1 Å². The van der Waals surface area contributed by atoms with Crippen LogP contribution in [0.2, 0.25) is 0 Å². The molecule has 2 aromatic heterocycles. The van der Waals surface area contributed by atoms with E-state index in [9.17, 15) is 0 Å². The molecule has 0 aromatic carbocycles. The number of nitrogens with one attached hydrogen (secondary N) is 2. The van der Waals surface area contributed by atoms with Crippen molar-refractivity contribution in [3.05, 3.63) is 60.2 Å². The fourth-order valence-electron chi connectivity index (χ4n) is 1.49. The molecule has 0 radical (unpaired) electrons. The highest BCUT2D eigenvalue weighted by atomic mass is 32.1. The largest absolute Gasteiger partial charge is 0.357 e. The van der Waals surface area contributed by atoms with Crippen LogP contribution in [-0.4, -0.2) is 20.8 Å². The van der Waals surface area contributed by atoms with E-state index in [1.165, 1.54) is 0 Å². The molecule has 0 unspecified atom stereocenters. The van der Waals surface area contributed by atoms with E-state index in [-0.39, 0.29) is 0 Å². The molecule has 0 fully saturated rings. The first kappa shape index (κ1) is 14.1. The second kappa shape index (κ2) is 7.30. The van der Waals surface area contributed by atoms with Gasteiger partial charge in [-0.2, -0.15) is 5.10 Å². The molecule has 5 nitrogen and oxygen atoms in total. The quantitative estimate of drug-likeness (QED) is 0.510. The lowest BCUT2D eigenvalue weighted by Crippen LogP contribution is -2.32. The van der Waals surface area contributed by atoms with Gasteiger partial charge in [0.05, 0.1) is 11.4 Å². The molecule has 2 N–H and O–H groups in total. The van der Waals surface area contributed by atoms with Crippen molar-refractivity contribution in [3.8, 4) is 0 Å². The van der Waals surface area contributed by atoms with Crippen LogP contribution in [0.15, 0.2) is 54.0 Å². The molecule has 0 amide bonds. The van der Waals surface area contributed by atoms with Crippen molar-refractivity contribution >= 4 is 23.0 Å². The maximum Gasteiger partial charge on any atom is 0.187 e. The van der Waals surface area contributed by atoms with Crippen molar-refractivity contribution < 1.29 is 0 Å². The summed E-state index contributed by atoms with van der Waals surface area (Å²) in [6.45, 7) is 2.48. The summed E-state index contributed by atoms with van der Waals surface area (Å²) in [6.07, 6.45) is 5.26. The van der Waals surface area contributed by atoms with E-state index in [0.717, 1.165) is 17.0 Å². The number of rotatable bonds is 4. The van der Waals surface area contributed by atoms with Crippen LogP contribution in [0.5, 0.6) is 0 Å². The lowest BCUT2D eigenvalue weighted by molar-refractivity contribution is 0.861. The fourth-order valence-corrected chi connectivity index (χ4v) is 1.61. The summed E-state index contributed by atoms with van der Waals surface area (Å²) in [5, 5.41) is 7.71. The number of hydrogen-bond acceptors (Lipinski definition) is 4. The summed E-state index contributed by atoms with van der Waals surface area (Å²) in [4.78, 5) is 8.24. The Balaban J connectivity index is 1.83. The molecule has 2 heterocycles. The van der Waals surface area contributed by atoms with E-state index in [2.05, 4.69) is 25.8 Å². The smallest absolute Gasteiger partial charge is 0.187 e. The summed E-state index contributed by atoms with van der Waals surface area (Å²) in [6, 6.07) is 9.54. The molecule has 6 heteroatoms. The van der Waals surface area contributed by atoms with Gasteiger partial charge in [0.1, 0.15) is 0 Å². The Bertz CT molecular complexity index is 583. The van der Waals surface area contributed by atoms with E-state index in [1.807, 2.05) is 37.3 Å². The fraction of sp³-hybridized carbons (Fsp3) is 0.143. The Hall–Kier alpha value is -2.34. The topological polar surface area (TPSA) is 62.2 Å². The molecular weight excluding hydrogens is 270 g/mol. The van der Waals surface area contributed by atoms with Crippen LogP contribution >= 0.6 is 12.2 Å². The summed E-state index contributed by atoms with van der Waals surface area (Å²) in [5.41, 5.74) is 5.45. The lowest BCUT2D eigenvalue weighted by Gasteiger charge is -2.07. The van der Waals surface area contributed by atoms with Crippen molar-refractivity contribution in [1.29, 1.82) is 0 Å². The molecule has 0 saturated carbocycles. The molecule has 0 atom stereocenters. The summed E-state index contributed by atoms with van der Waals surface area (Å²) in [5.74, 6) is 0. The van der Waals surface area contributed by atoms with E-state index in [0.29, 0.717) is 11.7 Å². The summed E-state index contributed by atoms with van der Waals surface area (Å²) in [7, 11) is 0. The van der Waals surface area contributed by atoms with Crippen LogP contribution in [-0.2, 0) is 6.54 Å². The first-order chi connectivity index (χ1) is 9.75. The molecule has 0 spiro atoms. The van der Waals surface area contributed by atoms with Crippen molar-refractivity contribution in [3.63, 3.8) is 0 Å². The van der Waals surface area contributed by atoms with Crippen molar-refractivity contribution in [2.75, 3.05) is 0 Å². The van der Waals surface area contributed by atoms with Gasteiger partial charge < -0.3 is 5.32 Å². The molecule has 0 bridgehead atoms. The van der Waals surface area contributed by atoms with Gasteiger partial charge in [-0.05, 0) is 42.9 Å². The van der Waals surface area contributed by atoms with E-state index in [1.54, 1.807) is 18.6 Å². The van der Waals surface area contributed by atoms with Crippen LogP contribution in [0.25, 0.3) is 0 Å². The van der Waals surface area contributed by atoms with Gasteiger partial charge in [-0.25, -0.2) is 0 Å². The van der Waals surface area contributed by atoms with Crippen LogP contribution in [0.1, 0.15) is 18.2 Å². The third-order valence-electron chi connectivity index (χ3n) is 2.54. The van der Waals surface area contributed by atoms with Crippen molar-refractivity contribution in [2.24, 2.45) is 5.10 Å². The van der Waals surface area contributed by atoms with Crippen LogP contribution in [0.3, 0.4) is 0 Å². The lowest BCUT2D eigenvalue weighted by atomic mass is 10.3. The molecule has 20 heavy (non-hydrogen) atoms. The minimum atomic E-state index is 0.462. The standard InChI is InChI=1S/C14H15N5S/c1-11(13-6-2-3-8-16-13)18-19-14(20)17-10-12-5-4-7-15-9-12/h2-9H,10H2,1H3,(H2,17,19,20)/b18-11-. The Labute approximate surface area is 123 Å². The zero-order chi connectivity index (χ0) is 14.2. The van der Waals surface area contributed by atoms with Gasteiger partial charge >= 0.3 is 0 Å². The number of thiocarbonyl (C=S) groups is 1. The van der Waals surface area contributed by atoms with Gasteiger partial charge in [-0.3, -0.25) is 15.4 Å². The van der Waals surface area contributed by atoms with Gasteiger partial charge in [0.25, 0.3) is 0 Å². The number of aromatic nitrogens is 2. The number of pyridine rings is 2. The molecule has 2 aromatic rings. The van der Waals surface area contributed by atoms with Crippen molar-refractivity contribution in [2.45, 2.75) is 13.5 Å². The van der Waals surface area contributed by atoms with Gasteiger partial charge in [0.15, 0.2) is 5.11 Å². The molecule has 0 aliphatic rings. The molecule has 0 aliphatic heterocycles. The Morgan fingerprint density at radius 1 is 1.25 bits per heavy atom. The third-order valence-corrected chi connectivity index (χ3v) is 2.77. The summed E-state index contributed by atoms with van der Waals surface area (Å²) >= 11 is 5.15.